The quantitative estimate of drug-likeness (QED) is 0.465. The van der Waals surface area contributed by atoms with Gasteiger partial charge in [-0.25, -0.2) is 0 Å². The molecule has 2 aromatic carbocycles. The third-order valence-corrected chi connectivity index (χ3v) is 3.59. The number of ether oxygens (including phenoxy) is 1. The van der Waals surface area contributed by atoms with Gasteiger partial charge in [0.15, 0.2) is 11.9 Å². The molecule has 8 heteroatoms. The first-order chi connectivity index (χ1) is 12.3. The van der Waals surface area contributed by atoms with Crippen LogP contribution < -0.4 is 10.1 Å². The maximum absolute atomic E-state index is 14.0. The van der Waals surface area contributed by atoms with Crippen LogP contribution in [0.25, 0.3) is 0 Å². The van der Waals surface area contributed by atoms with Crippen molar-refractivity contribution < 1.29 is 23.6 Å². The van der Waals surface area contributed by atoms with Gasteiger partial charge in [-0.15, -0.1) is 0 Å². The molecule has 0 bridgehead atoms. The average molecular weight is 360 g/mol. The number of nitrogens with zero attached hydrogens (tertiary/aromatic N) is 1. The first-order valence-corrected chi connectivity index (χ1v) is 7.76. The van der Waals surface area contributed by atoms with Crippen LogP contribution in [0.1, 0.15) is 29.8 Å². The molecule has 0 aliphatic heterocycles. The van der Waals surface area contributed by atoms with E-state index in [4.69, 9.17) is 4.74 Å². The Morgan fingerprint density at radius 3 is 2.50 bits per heavy atom. The Kier molecular flexibility index (Phi) is 6.00. The summed E-state index contributed by atoms with van der Waals surface area (Å²) in [6.45, 7) is 2.83. The number of hydrogen-bond donors (Lipinski definition) is 1. The molecule has 1 amide bonds. The predicted octanol–water partition coefficient (Wildman–Crippen LogP) is 3.02. The van der Waals surface area contributed by atoms with Gasteiger partial charge in [0, 0.05) is 12.6 Å². The Balaban J connectivity index is 2.10. The molecule has 0 aliphatic rings. The van der Waals surface area contributed by atoms with Crippen molar-refractivity contribution >= 4 is 17.4 Å². The van der Waals surface area contributed by atoms with Crippen molar-refractivity contribution in [2.45, 2.75) is 26.5 Å². The molecule has 2 aromatic rings. The molecule has 136 valence electrons. The summed E-state index contributed by atoms with van der Waals surface area (Å²) in [5.74, 6) is -2.46. The van der Waals surface area contributed by atoms with E-state index in [0.29, 0.717) is 6.54 Å². The van der Waals surface area contributed by atoms with Crippen molar-refractivity contribution in [1.82, 2.24) is 5.32 Å². The van der Waals surface area contributed by atoms with Gasteiger partial charge >= 0.3 is 5.69 Å². The number of nitrogens with one attached hydrogen (secondary N) is 1. The topological polar surface area (TPSA) is 98.5 Å². The predicted molar refractivity (Wildman–Crippen MR) is 91.4 cm³/mol. The minimum atomic E-state index is -1.20. The number of nitro groups is 1. The van der Waals surface area contributed by atoms with E-state index in [0.717, 1.165) is 24.6 Å². The lowest BCUT2D eigenvalue weighted by Crippen LogP contribution is -2.35. The number of benzene rings is 2. The number of carbonyl (C=O) groups excluding carboxylic acids is 2. The smallest absolute Gasteiger partial charge is 0.315 e. The highest BCUT2D eigenvalue weighted by Crippen LogP contribution is 2.29. The molecular weight excluding hydrogens is 343 g/mol. The van der Waals surface area contributed by atoms with Crippen LogP contribution in [0.4, 0.5) is 10.1 Å². The normalized spacial score (nSPS) is 11.5. The van der Waals surface area contributed by atoms with E-state index in [1.807, 2.05) is 30.3 Å². The fourth-order valence-corrected chi connectivity index (χ4v) is 2.28. The molecular formula is C18H17FN2O5. The van der Waals surface area contributed by atoms with Crippen molar-refractivity contribution in [2.75, 3.05) is 0 Å². The third-order valence-electron chi connectivity index (χ3n) is 3.59. The second-order valence-corrected chi connectivity index (χ2v) is 5.58. The molecule has 0 radical (unpaired) electrons. The standard InChI is InChI=1S/C18H17FN2O5/c1-11(22)15-8-14(9-16(19)17(15)21(24)25)26-12(2)18(23)20-10-13-6-4-3-5-7-13/h3-9,12H,10H2,1-2H3,(H,20,23). The lowest BCUT2D eigenvalue weighted by molar-refractivity contribution is -0.387. The zero-order valence-corrected chi connectivity index (χ0v) is 14.2. The van der Waals surface area contributed by atoms with Crippen LogP contribution in [0.15, 0.2) is 42.5 Å². The summed E-state index contributed by atoms with van der Waals surface area (Å²) >= 11 is 0. The van der Waals surface area contributed by atoms with Gasteiger partial charge in [-0.1, -0.05) is 30.3 Å². The number of carbonyl (C=O) groups is 2. The molecule has 7 nitrogen and oxygen atoms in total. The molecule has 0 fully saturated rings. The van der Waals surface area contributed by atoms with Gasteiger partial charge in [0.25, 0.3) is 5.91 Å². The number of ketones is 1. The monoisotopic (exact) mass is 360 g/mol. The highest BCUT2D eigenvalue weighted by Gasteiger charge is 2.26. The zero-order chi connectivity index (χ0) is 19.3. The summed E-state index contributed by atoms with van der Waals surface area (Å²) in [7, 11) is 0. The van der Waals surface area contributed by atoms with Crippen LogP contribution in [0, 0.1) is 15.9 Å². The van der Waals surface area contributed by atoms with Crippen LogP contribution in [-0.2, 0) is 11.3 Å². The lowest BCUT2D eigenvalue weighted by Gasteiger charge is -2.15. The highest BCUT2D eigenvalue weighted by molar-refractivity contribution is 5.98. The summed E-state index contributed by atoms with van der Waals surface area (Å²) in [6.07, 6.45) is -0.987. The van der Waals surface area contributed by atoms with Crippen LogP contribution in [0.5, 0.6) is 5.75 Å². The van der Waals surface area contributed by atoms with E-state index in [9.17, 15) is 24.1 Å². The van der Waals surface area contributed by atoms with Crippen molar-refractivity contribution in [3.8, 4) is 5.75 Å². The summed E-state index contributed by atoms with van der Waals surface area (Å²) in [5.41, 5.74) is -0.429. The number of hydrogen-bond acceptors (Lipinski definition) is 5. The molecule has 0 saturated carbocycles. The van der Waals surface area contributed by atoms with Gasteiger partial charge in [0.1, 0.15) is 11.3 Å². The Bertz CT molecular complexity index is 839. The Morgan fingerprint density at radius 1 is 1.27 bits per heavy atom. The molecule has 1 N–H and O–H groups in total. The van der Waals surface area contributed by atoms with Crippen LogP contribution >= 0.6 is 0 Å². The molecule has 1 atom stereocenters. The third kappa shape index (κ3) is 4.62. The van der Waals surface area contributed by atoms with Gasteiger partial charge in [0.2, 0.25) is 5.82 Å². The van der Waals surface area contributed by atoms with E-state index in [-0.39, 0.29) is 5.75 Å². The van der Waals surface area contributed by atoms with E-state index >= 15 is 0 Å². The van der Waals surface area contributed by atoms with E-state index in [1.165, 1.54) is 6.92 Å². The van der Waals surface area contributed by atoms with Gasteiger partial charge < -0.3 is 10.1 Å². The number of Topliss-reactive ketones (excluding diaryl/α,β-unsaturated/α-hetero) is 1. The largest absolute Gasteiger partial charge is 0.481 e. The number of rotatable bonds is 7. The number of halogens is 1. The lowest BCUT2D eigenvalue weighted by atomic mass is 10.1. The van der Waals surface area contributed by atoms with E-state index in [2.05, 4.69) is 5.32 Å². The first kappa shape index (κ1) is 19.0. The minimum Gasteiger partial charge on any atom is -0.481 e. The fraction of sp³-hybridized carbons (Fsp3) is 0.222. The Labute approximate surface area is 148 Å². The van der Waals surface area contributed by atoms with Crippen molar-refractivity contribution in [2.24, 2.45) is 0 Å². The number of amides is 1. The van der Waals surface area contributed by atoms with E-state index < -0.39 is 39.8 Å². The molecule has 0 heterocycles. The summed E-state index contributed by atoms with van der Waals surface area (Å²) in [6, 6.07) is 11.1. The molecule has 0 aromatic heterocycles. The van der Waals surface area contributed by atoms with Crippen molar-refractivity contribution in [3.05, 3.63) is 69.5 Å². The van der Waals surface area contributed by atoms with E-state index in [1.54, 1.807) is 0 Å². The Hall–Kier alpha value is -3.29. The SMILES string of the molecule is CC(=O)c1cc(OC(C)C(=O)NCc2ccccc2)cc(F)c1[N+](=O)[O-]. The highest BCUT2D eigenvalue weighted by atomic mass is 19.1. The average Bonchev–Trinajstić information content (AvgIpc) is 2.59. The molecule has 0 aliphatic carbocycles. The number of nitro benzene ring substituents is 1. The van der Waals surface area contributed by atoms with Crippen LogP contribution in [-0.4, -0.2) is 22.7 Å². The molecule has 26 heavy (non-hydrogen) atoms. The zero-order valence-electron chi connectivity index (χ0n) is 14.2. The Morgan fingerprint density at radius 2 is 1.92 bits per heavy atom. The summed E-state index contributed by atoms with van der Waals surface area (Å²) in [4.78, 5) is 33.6. The van der Waals surface area contributed by atoms with Gasteiger partial charge in [-0.3, -0.25) is 19.7 Å². The van der Waals surface area contributed by atoms with Crippen LogP contribution in [0.3, 0.4) is 0 Å². The first-order valence-electron chi connectivity index (χ1n) is 7.76. The maximum Gasteiger partial charge on any atom is 0.315 e. The summed E-state index contributed by atoms with van der Waals surface area (Å²) < 4.78 is 19.3. The second kappa shape index (κ2) is 8.19. The summed E-state index contributed by atoms with van der Waals surface area (Å²) in [5, 5.41) is 13.6. The minimum absolute atomic E-state index is 0.138. The van der Waals surface area contributed by atoms with Gasteiger partial charge in [-0.05, 0) is 25.5 Å². The van der Waals surface area contributed by atoms with Gasteiger partial charge in [-0.2, -0.15) is 4.39 Å². The second-order valence-electron chi connectivity index (χ2n) is 5.58. The fourth-order valence-electron chi connectivity index (χ4n) is 2.28. The molecule has 2 rings (SSSR count). The van der Waals surface area contributed by atoms with Crippen LogP contribution in [0.2, 0.25) is 0 Å². The molecule has 0 saturated heterocycles. The van der Waals surface area contributed by atoms with Crippen molar-refractivity contribution in [3.63, 3.8) is 0 Å². The molecule has 1 unspecified atom stereocenters. The molecule has 0 spiro atoms. The maximum atomic E-state index is 14.0. The van der Waals surface area contributed by atoms with Gasteiger partial charge in [0.05, 0.1) is 4.92 Å². The van der Waals surface area contributed by atoms with Crippen molar-refractivity contribution in [1.29, 1.82) is 0 Å².